The monoisotopic (exact) mass is 320 g/mol. The van der Waals surface area contributed by atoms with E-state index < -0.39 is 5.60 Å². The van der Waals surface area contributed by atoms with Crippen molar-refractivity contribution in [2.45, 2.75) is 45.4 Å². The summed E-state index contributed by atoms with van der Waals surface area (Å²) >= 11 is 0. The predicted octanol–water partition coefficient (Wildman–Crippen LogP) is 2.25. The van der Waals surface area contributed by atoms with Crippen LogP contribution in [0.1, 0.15) is 32.8 Å². The number of likely N-dealkylation sites (tertiary alicyclic amines) is 1. The lowest BCUT2D eigenvalue weighted by Crippen LogP contribution is -2.38. The lowest BCUT2D eigenvalue weighted by Gasteiger charge is -2.24. The van der Waals surface area contributed by atoms with Crippen LogP contribution in [0.4, 0.5) is 10.5 Å². The third-order valence-electron chi connectivity index (χ3n) is 3.78. The lowest BCUT2D eigenvalue weighted by molar-refractivity contribution is 0.0291. The number of nitrogens with one attached hydrogen (secondary N) is 1. The first-order valence-corrected chi connectivity index (χ1v) is 8.08. The van der Waals surface area contributed by atoms with Crippen molar-refractivity contribution in [2.75, 3.05) is 32.1 Å². The fraction of sp³-hybridized carbons (Fsp3) is 0.647. The summed E-state index contributed by atoms with van der Waals surface area (Å²) in [6.07, 6.45) is 4.41. The van der Waals surface area contributed by atoms with E-state index in [0.717, 1.165) is 30.8 Å². The van der Waals surface area contributed by atoms with E-state index in [1.54, 1.807) is 11.1 Å². The van der Waals surface area contributed by atoms with Gasteiger partial charge in [0.2, 0.25) is 0 Å². The molecule has 1 amide bonds. The van der Waals surface area contributed by atoms with Gasteiger partial charge in [0.1, 0.15) is 5.60 Å². The zero-order valence-corrected chi connectivity index (χ0v) is 14.8. The average molecular weight is 320 g/mol. The number of hydrogen-bond acceptors (Lipinski definition) is 5. The van der Waals surface area contributed by atoms with Gasteiger partial charge in [-0.2, -0.15) is 0 Å². The number of aromatic nitrogens is 1. The second kappa shape index (κ2) is 7.17. The van der Waals surface area contributed by atoms with Gasteiger partial charge in [0, 0.05) is 63.4 Å². The Kier molecular flexibility index (Phi) is 5.46. The second-order valence-electron chi connectivity index (χ2n) is 7.19. The standard InChI is InChI=1S/C17H28N4O2/c1-17(2,3)23-16(22)21-9-7-14(12-21)19-11-13-10-18-8-6-15(13)20(4)5/h6,8,10,14,19H,7,9,11-12H2,1-5H3/t14-/m1/s1. The number of nitrogens with zero attached hydrogens (tertiary/aromatic N) is 3. The zero-order chi connectivity index (χ0) is 17.0. The summed E-state index contributed by atoms with van der Waals surface area (Å²) in [6, 6.07) is 2.30. The highest BCUT2D eigenvalue weighted by Gasteiger charge is 2.29. The fourth-order valence-electron chi connectivity index (χ4n) is 2.67. The number of carbonyl (C=O) groups is 1. The van der Waals surface area contributed by atoms with Crippen molar-refractivity contribution >= 4 is 11.8 Å². The summed E-state index contributed by atoms with van der Waals surface area (Å²) in [5.41, 5.74) is 1.88. The third-order valence-corrected chi connectivity index (χ3v) is 3.78. The van der Waals surface area contributed by atoms with Crippen LogP contribution in [0.5, 0.6) is 0 Å². The Bertz CT molecular complexity index is 540. The van der Waals surface area contributed by atoms with E-state index in [1.165, 1.54) is 0 Å². The van der Waals surface area contributed by atoms with Crippen LogP contribution in [-0.4, -0.2) is 54.8 Å². The molecular weight excluding hydrogens is 292 g/mol. The molecule has 1 fully saturated rings. The Morgan fingerprint density at radius 3 is 2.87 bits per heavy atom. The highest BCUT2D eigenvalue weighted by molar-refractivity contribution is 5.68. The minimum atomic E-state index is -0.446. The normalized spacial score (nSPS) is 18.1. The van der Waals surface area contributed by atoms with Crippen LogP contribution in [0, 0.1) is 0 Å². The van der Waals surface area contributed by atoms with E-state index in [9.17, 15) is 4.79 Å². The maximum atomic E-state index is 12.1. The van der Waals surface area contributed by atoms with Crippen molar-refractivity contribution in [1.29, 1.82) is 0 Å². The van der Waals surface area contributed by atoms with Gasteiger partial charge in [0.05, 0.1) is 0 Å². The van der Waals surface area contributed by atoms with Gasteiger partial charge >= 0.3 is 6.09 Å². The van der Waals surface area contributed by atoms with E-state index in [1.807, 2.05) is 47.1 Å². The Morgan fingerprint density at radius 2 is 2.22 bits per heavy atom. The van der Waals surface area contributed by atoms with Gasteiger partial charge in [0.25, 0.3) is 0 Å². The SMILES string of the molecule is CN(C)c1ccncc1CN[C@@H]1CCN(C(=O)OC(C)(C)C)C1. The number of hydrogen-bond donors (Lipinski definition) is 1. The highest BCUT2D eigenvalue weighted by Crippen LogP contribution is 2.18. The van der Waals surface area contributed by atoms with Crippen molar-refractivity contribution in [3.05, 3.63) is 24.0 Å². The Balaban J connectivity index is 1.86. The van der Waals surface area contributed by atoms with Crippen molar-refractivity contribution in [3.63, 3.8) is 0 Å². The Hall–Kier alpha value is -1.82. The largest absolute Gasteiger partial charge is 0.444 e. The molecule has 1 N–H and O–H groups in total. The lowest BCUT2D eigenvalue weighted by atomic mass is 10.2. The molecule has 1 aliphatic rings. The van der Waals surface area contributed by atoms with Crippen LogP contribution in [-0.2, 0) is 11.3 Å². The summed E-state index contributed by atoms with van der Waals surface area (Å²) in [7, 11) is 4.05. The topological polar surface area (TPSA) is 57.7 Å². The molecule has 0 spiro atoms. The van der Waals surface area contributed by atoms with Gasteiger partial charge in [-0.3, -0.25) is 4.98 Å². The van der Waals surface area contributed by atoms with Crippen LogP contribution in [0.15, 0.2) is 18.5 Å². The highest BCUT2D eigenvalue weighted by atomic mass is 16.6. The predicted molar refractivity (Wildman–Crippen MR) is 91.6 cm³/mol. The summed E-state index contributed by atoms with van der Waals surface area (Å²) in [4.78, 5) is 20.1. The van der Waals surface area contributed by atoms with Gasteiger partial charge < -0.3 is 19.9 Å². The molecule has 1 saturated heterocycles. The first kappa shape index (κ1) is 17.5. The smallest absolute Gasteiger partial charge is 0.410 e. The van der Waals surface area contributed by atoms with Crippen LogP contribution >= 0.6 is 0 Å². The molecule has 6 nitrogen and oxygen atoms in total. The van der Waals surface area contributed by atoms with Crippen LogP contribution < -0.4 is 10.2 Å². The zero-order valence-electron chi connectivity index (χ0n) is 14.8. The van der Waals surface area contributed by atoms with E-state index in [0.29, 0.717) is 6.54 Å². The molecule has 0 saturated carbocycles. The van der Waals surface area contributed by atoms with Gasteiger partial charge in [0.15, 0.2) is 0 Å². The minimum absolute atomic E-state index is 0.225. The van der Waals surface area contributed by atoms with E-state index in [-0.39, 0.29) is 12.1 Å². The third kappa shape index (κ3) is 5.10. The fourth-order valence-corrected chi connectivity index (χ4v) is 2.67. The maximum absolute atomic E-state index is 12.1. The molecule has 2 rings (SSSR count). The average Bonchev–Trinajstić information content (AvgIpc) is 2.92. The molecule has 0 bridgehead atoms. The number of ether oxygens (including phenoxy) is 1. The Morgan fingerprint density at radius 1 is 1.48 bits per heavy atom. The molecule has 128 valence electrons. The van der Waals surface area contributed by atoms with Crippen molar-refractivity contribution in [2.24, 2.45) is 0 Å². The molecular formula is C17H28N4O2. The first-order valence-electron chi connectivity index (χ1n) is 8.08. The number of rotatable bonds is 4. The van der Waals surface area contributed by atoms with Crippen molar-refractivity contribution < 1.29 is 9.53 Å². The number of pyridine rings is 1. The van der Waals surface area contributed by atoms with Gasteiger partial charge in [-0.1, -0.05) is 0 Å². The van der Waals surface area contributed by atoms with Gasteiger partial charge in [-0.25, -0.2) is 4.79 Å². The van der Waals surface area contributed by atoms with Crippen molar-refractivity contribution in [3.8, 4) is 0 Å². The molecule has 1 aliphatic heterocycles. The maximum Gasteiger partial charge on any atom is 0.410 e. The molecule has 2 heterocycles. The number of anilines is 1. The quantitative estimate of drug-likeness (QED) is 0.922. The summed E-state index contributed by atoms with van der Waals surface area (Å²) < 4.78 is 5.43. The minimum Gasteiger partial charge on any atom is -0.444 e. The molecule has 23 heavy (non-hydrogen) atoms. The van der Waals surface area contributed by atoms with Crippen LogP contribution in [0.3, 0.4) is 0 Å². The van der Waals surface area contributed by atoms with Crippen LogP contribution in [0.2, 0.25) is 0 Å². The van der Waals surface area contributed by atoms with Gasteiger partial charge in [-0.05, 0) is 33.3 Å². The molecule has 1 atom stereocenters. The summed E-state index contributed by atoms with van der Waals surface area (Å²) in [5.74, 6) is 0. The molecule has 1 aromatic rings. The molecule has 1 aromatic heterocycles. The van der Waals surface area contributed by atoms with E-state index in [2.05, 4.69) is 15.2 Å². The van der Waals surface area contributed by atoms with Crippen molar-refractivity contribution in [1.82, 2.24) is 15.2 Å². The van der Waals surface area contributed by atoms with E-state index >= 15 is 0 Å². The summed E-state index contributed by atoms with van der Waals surface area (Å²) in [5, 5.41) is 3.52. The first-order chi connectivity index (χ1) is 10.8. The molecule has 0 aromatic carbocycles. The number of amides is 1. The summed E-state index contributed by atoms with van der Waals surface area (Å²) in [6.45, 7) is 7.84. The Labute approximate surface area is 138 Å². The van der Waals surface area contributed by atoms with Gasteiger partial charge in [-0.15, -0.1) is 0 Å². The molecule has 6 heteroatoms. The number of carbonyl (C=O) groups excluding carboxylic acids is 1. The molecule has 0 unspecified atom stereocenters. The van der Waals surface area contributed by atoms with E-state index in [4.69, 9.17) is 4.74 Å². The second-order valence-corrected chi connectivity index (χ2v) is 7.19. The molecule has 0 aliphatic carbocycles. The van der Waals surface area contributed by atoms with Crippen LogP contribution in [0.25, 0.3) is 0 Å². The molecule has 0 radical (unpaired) electrons.